The molecule has 4 rings (SSSR count). The summed E-state index contributed by atoms with van der Waals surface area (Å²) in [6, 6.07) is 6.10. The quantitative estimate of drug-likeness (QED) is 0.748. The van der Waals surface area contributed by atoms with E-state index in [1.807, 2.05) is 12.1 Å². The van der Waals surface area contributed by atoms with E-state index in [0.717, 1.165) is 24.7 Å². The average molecular weight is 371 g/mol. The maximum atomic E-state index is 12.1. The molecule has 0 aliphatic heterocycles. The number of esters is 1. The lowest BCUT2D eigenvalue weighted by molar-refractivity contribution is -0.150. The molecular formula is C22H29NO4. The van der Waals surface area contributed by atoms with Crippen molar-refractivity contribution in [1.82, 2.24) is 5.32 Å². The van der Waals surface area contributed by atoms with Gasteiger partial charge in [-0.3, -0.25) is 4.79 Å². The van der Waals surface area contributed by atoms with Gasteiger partial charge in [0.2, 0.25) is 0 Å². The van der Waals surface area contributed by atoms with Crippen molar-refractivity contribution in [2.24, 2.45) is 17.8 Å². The van der Waals surface area contributed by atoms with Crippen molar-refractivity contribution in [2.45, 2.75) is 57.9 Å². The largest absolute Gasteiger partial charge is 0.482 e. The third-order valence-corrected chi connectivity index (χ3v) is 6.61. The number of hydrogen-bond acceptors (Lipinski definition) is 4. The minimum absolute atomic E-state index is 0.147. The molecular weight excluding hydrogens is 342 g/mol. The van der Waals surface area contributed by atoms with Gasteiger partial charge in [-0.05, 0) is 86.5 Å². The fraction of sp³-hybridized carbons (Fsp3) is 0.636. The first-order chi connectivity index (χ1) is 13.1. The van der Waals surface area contributed by atoms with Gasteiger partial charge in [-0.2, -0.15) is 0 Å². The molecule has 146 valence electrons. The lowest BCUT2D eigenvalue weighted by atomic mass is 9.84. The molecule has 4 atom stereocenters. The predicted molar refractivity (Wildman–Crippen MR) is 101 cm³/mol. The molecule has 1 amide bonds. The molecule has 2 fully saturated rings. The highest BCUT2D eigenvalue weighted by molar-refractivity contribution is 5.81. The van der Waals surface area contributed by atoms with Gasteiger partial charge in [-0.1, -0.05) is 12.5 Å². The number of aryl methyl sites for hydroxylation is 2. The van der Waals surface area contributed by atoms with Gasteiger partial charge in [-0.15, -0.1) is 0 Å². The monoisotopic (exact) mass is 371 g/mol. The standard InChI is InChI=1S/C22H29NO4/c1-14(20-10-15-5-6-18(20)9-15)23-21(24)12-27-22(25)13-26-19-8-7-16-3-2-4-17(16)11-19/h7-8,11,14-15,18,20H,2-6,9-10,12-13H2,1H3,(H,23,24). The normalized spacial score (nSPS) is 26.5. The molecule has 1 N–H and O–H groups in total. The fourth-order valence-corrected chi connectivity index (χ4v) is 5.28. The Morgan fingerprint density at radius 1 is 1.15 bits per heavy atom. The highest BCUT2D eigenvalue weighted by atomic mass is 16.6. The first-order valence-electron chi connectivity index (χ1n) is 10.3. The zero-order chi connectivity index (χ0) is 18.8. The molecule has 1 aromatic rings. The van der Waals surface area contributed by atoms with Crippen LogP contribution in [0.1, 0.15) is 50.2 Å². The second kappa shape index (κ2) is 7.91. The number of benzene rings is 1. The van der Waals surface area contributed by atoms with E-state index in [1.165, 1.54) is 43.2 Å². The summed E-state index contributed by atoms with van der Waals surface area (Å²) in [4.78, 5) is 24.0. The lowest BCUT2D eigenvalue weighted by Crippen LogP contribution is -2.42. The second-order valence-electron chi connectivity index (χ2n) is 8.43. The van der Waals surface area contributed by atoms with Crippen molar-refractivity contribution >= 4 is 11.9 Å². The molecule has 5 nitrogen and oxygen atoms in total. The van der Waals surface area contributed by atoms with Crippen molar-refractivity contribution in [2.75, 3.05) is 13.2 Å². The van der Waals surface area contributed by atoms with Crippen molar-refractivity contribution < 1.29 is 19.1 Å². The van der Waals surface area contributed by atoms with Gasteiger partial charge in [0.15, 0.2) is 13.2 Å². The first kappa shape index (κ1) is 18.3. The number of fused-ring (bicyclic) bond motifs is 3. The Hall–Kier alpha value is -2.04. The Morgan fingerprint density at radius 2 is 2.00 bits per heavy atom. The minimum atomic E-state index is -0.516. The summed E-state index contributed by atoms with van der Waals surface area (Å²) in [5.41, 5.74) is 2.67. The van der Waals surface area contributed by atoms with E-state index in [2.05, 4.69) is 18.3 Å². The number of nitrogens with one attached hydrogen (secondary N) is 1. The topological polar surface area (TPSA) is 64.6 Å². The maximum absolute atomic E-state index is 12.1. The Kier molecular flexibility index (Phi) is 5.37. The summed E-state index contributed by atoms with van der Waals surface area (Å²) in [6.07, 6.45) is 8.55. The summed E-state index contributed by atoms with van der Waals surface area (Å²) < 4.78 is 10.6. The third kappa shape index (κ3) is 4.28. The Balaban J connectivity index is 1.16. The molecule has 3 aliphatic carbocycles. The predicted octanol–water partition coefficient (Wildman–Crippen LogP) is 3.04. The van der Waals surface area contributed by atoms with Crippen molar-refractivity contribution in [1.29, 1.82) is 0 Å². The van der Waals surface area contributed by atoms with Gasteiger partial charge in [0.05, 0.1) is 0 Å². The summed E-state index contributed by atoms with van der Waals surface area (Å²) in [5.74, 6) is 2.13. The van der Waals surface area contributed by atoms with Crippen molar-refractivity contribution in [3.63, 3.8) is 0 Å². The molecule has 0 spiro atoms. The highest BCUT2D eigenvalue weighted by Gasteiger charge is 2.42. The molecule has 0 saturated heterocycles. The van der Waals surface area contributed by atoms with Crippen LogP contribution in [0.4, 0.5) is 0 Å². The summed E-state index contributed by atoms with van der Waals surface area (Å²) in [6.45, 7) is 1.66. The molecule has 27 heavy (non-hydrogen) atoms. The fourth-order valence-electron chi connectivity index (χ4n) is 5.28. The molecule has 2 saturated carbocycles. The van der Waals surface area contributed by atoms with E-state index in [1.54, 1.807) is 0 Å². The second-order valence-corrected chi connectivity index (χ2v) is 8.43. The maximum Gasteiger partial charge on any atom is 0.344 e. The number of carbonyl (C=O) groups excluding carboxylic acids is 2. The number of carbonyl (C=O) groups is 2. The van der Waals surface area contributed by atoms with Crippen LogP contribution in [0.5, 0.6) is 5.75 Å². The van der Waals surface area contributed by atoms with Crippen LogP contribution in [0, 0.1) is 17.8 Å². The molecule has 5 heteroatoms. The lowest BCUT2D eigenvalue weighted by Gasteiger charge is -2.28. The molecule has 1 aromatic carbocycles. The van der Waals surface area contributed by atoms with Crippen LogP contribution in [0.2, 0.25) is 0 Å². The number of ether oxygens (including phenoxy) is 2. The van der Waals surface area contributed by atoms with Crippen LogP contribution < -0.4 is 10.1 Å². The minimum Gasteiger partial charge on any atom is -0.482 e. The zero-order valence-electron chi connectivity index (χ0n) is 16.0. The SMILES string of the molecule is CC(NC(=O)COC(=O)COc1ccc2c(c1)CCC2)C1CC2CCC1C2. The van der Waals surface area contributed by atoms with Gasteiger partial charge in [0.1, 0.15) is 5.75 Å². The molecule has 3 aliphatic rings. The van der Waals surface area contributed by atoms with E-state index in [4.69, 9.17) is 9.47 Å². The van der Waals surface area contributed by atoms with Crippen LogP contribution in [-0.2, 0) is 27.2 Å². The summed E-state index contributed by atoms with van der Waals surface area (Å²) in [7, 11) is 0. The number of rotatable bonds is 7. The van der Waals surface area contributed by atoms with Gasteiger partial charge in [0, 0.05) is 6.04 Å². The van der Waals surface area contributed by atoms with Crippen LogP contribution in [0.15, 0.2) is 18.2 Å². The van der Waals surface area contributed by atoms with Crippen molar-refractivity contribution in [3.05, 3.63) is 29.3 Å². The van der Waals surface area contributed by atoms with Crippen LogP contribution >= 0.6 is 0 Å². The highest BCUT2D eigenvalue weighted by Crippen LogP contribution is 2.49. The summed E-state index contributed by atoms with van der Waals surface area (Å²) in [5, 5.41) is 3.01. The van der Waals surface area contributed by atoms with Crippen LogP contribution in [0.25, 0.3) is 0 Å². The van der Waals surface area contributed by atoms with E-state index in [9.17, 15) is 9.59 Å². The van der Waals surface area contributed by atoms with E-state index in [0.29, 0.717) is 11.7 Å². The van der Waals surface area contributed by atoms with Crippen LogP contribution in [-0.4, -0.2) is 31.1 Å². The molecule has 0 radical (unpaired) electrons. The molecule has 2 bridgehead atoms. The van der Waals surface area contributed by atoms with E-state index < -0.39 is 5.97 Å². The Bertz CT molecular complexity index is 716. The van der Waals surface area contributed by atoms with E-state index >= 15 is 0 Å². The smallest absolute Gasteiger partial charge is 0.344 e. The van der Waals surface area contributed by atoms with Gasteiger partial charge >= 0.3 is 5.97 Å². The van der Waals surface area contributed by atoms with Gasteiger partial charge in [-0.25, -0.2) is 4.79 Å². The molecule has 0 heterocycles. The van der Waals surface area contributed by atoms with Gasteiger partial charge < -0.3 is 14.8 Å². The number of hydrogen-bond donors (Lipinski definition) is 1. The average Bonchev–Trinajstić information content (AvgIpc) is 3.40. The molecule has 0 aromatic heterocycles. The van der Waals surface area contributed by atoms with Gasteiger partial charge in [0.25, 0.3) is 5.91 Å². The molecule has 4 unspecified atom stereocenters. The Labute approximate surface area is 160 Å². The third-order valence-electron chi connectivity index (χ3n) is 6.61. The zero-order valence-corrected chi connectivity index (χ0v) is 16.0. The number of amides is 1. The van der Waals surface area contributed by atoms with Crippen molar-refractivity contribution in [3.8, 4) is 5.75 Å². The van der Waals surface area contributed by atoms with Crippen LogP contribution in [0.3, 0.4) is 0 Å². The Morgan fingerprint density at radius 3 is 2.78 bits per heavy atom. The van der Waals surface area contributed by atoms with E-state index in [-0.39, 0.29) is 25.2 Å². The first-order valence-corrected chi connectivity index (χ1v) is 10.3. The summed E-state index contributed by atoms with van der Waals surface area (Å²) >= 11 is 0.